The van der Waals surface area contributed by atoms with Gasteiger partial charge in [0.05, 0.1) is 6.54 Å². The molecule has 4 nitrogen and oxygen atoms in total. The van der Waals surface area contributed by atoms with Crippen molar-refractivity contribution in [1.82, 2.24) is 5.32 Å². The lowest BCUT2D eigenvalue weighted by Gasteiger charge is -2.24. The highest BCUT2D eigenvalue weighted by Crippen LogP contribution is 2.12. The molecule has 0 bridgehead atoms. The number of nitrogens with zero attached hydrogens (tertiary/aromatic N) is 1. The minimum atomic E-state index is -0.0617. The van der Waals surface area contributed by atoms with Gasteiger partial charge in [-0.15, -0.1) is 24.0 Å². The monoisotopic (exact) mass is 404 g/mol. The van der Waals surface area contributed by atoms with Crippen LogP contribution < -0.4 is 16.4 Å². The van der Waals surface area contributed by atoms with Gasteiger partial charge in [-0.25, -0.2) is 0 Å². The third-order valence-electron chi connectivity index (χ3n) is 2.89. The average Bonchev–Trinajstić information content (AvgIpc) is 2.33. The van der Waals surface area contributed by atoms with Crippen molar-refractivity contribution in [3.05, 3.63) is 30.3 Å². The second kappa shape index (κ2) is 9.12. The Morgan fingerprint density at radius 2 is 1.76 bits per heavy atom. The van der Waals surface area contributed by atoms with Crippen LogP contribution in [0.25, 0.3) is 0 Å². The molecular formula is C16H29IN4. The van der Waals surface area contributed by atoms with E-state index in [4.69, 9.17) is 5.73 Å². The van der Waals surface area contributed by atoms with Crippen LogP contribution in [0.2, 0.25) is 0 Å². The quantitative estimate of drug-likeness (QED) is 0.400. The molecule has 0 aliphatic rings. The van der Waals surface area contributed by atoms with Crippen LogP contribution in [0.1, 0.15) is 34.6 Å². The van der Waals surface area contributed by atoms with Crippen LogP contribution in [0.5, 0.6) is 0 Å². The third kappa shape index (κ3) is 8.80. The molecule has 120 valence electrons. The molecule has 0 saturated carbocycles. The molecule has 0 aromatic heterocycles. The molecule has 0 saturated heterocycles. The van der Waals surface area contributed by atoms with Crippen molar-refractivity contribution < 1.29 is 0 Å². The van der Waals surface area contributed by atoms with E-state index in [1.807, 2.05) is 18.2 Å². The summed E-state index contributed by atoms with van der Waals surface area (Å²) in [5, 5.41) is 6.68. The predicted octanol–water partition coefficient (Wildman–Crippen LogP) is 3.44. The molecule has 21 heavy (non-hydrogen) atoms. The van der Waals surface area contributed by atoms with Crippen LogP contribution in [0.4, 0.5) is 5.69 Å². The van der Waals surface area contributed by atoms with Gasteiger partial charge in [-0.3, -0.25) is 4.99 Å². The molecule has 0 spiro atoms. The van der Waals surface area contributed by atoms with Crippen LogP contribution in [0.3, 0.4) is 0 Å². The maximum Gasteiger partial charge on any atom is 0.189 e. The van der Waals surface area contributed by atoms with E-state index in [0.717, 1.165) is 5.69 Å². The van der Waals surface area contributed by atoms with Crippen LogP contribution in [-0.4, -0.2) is 24.1 Å². The summed E-state index contributed by atoms with van der Waals surface area (Å²) >= 11 is 0. The summed E-state index contributed by atoms with van der Waals surface area (Å²) < 4.78 is 0. The lowest BCUT2D eigenvalue weighted by atomic mass is 10.0. The highest BCUT2D eigenvalue weighted by atomic mass is 127. The fourth-order valence-electron chi connectivity index (χ4n) is 1.79. The number of rotatable bonds is 5. The Kier molecular flexibility index (Phi) is 8.70. The maximum atomic E-state index is 5.91. The van der Waals surface area contributed by atoms with Gasteiger partial charge in [0.1, 0.15) is 0 Å². The Bertz CT molecular complexity index is 424. The molecule has 0 radical (unpaired) electrons. The molecule has 1 aromatic carbocycles. The Hall–Kier alpha value is -0.980. The highest BCUT2D eigenvalue weighted by Gasteiger charge is 2.14. The van der Waals surface area contributed by atoms with Crippen LogP contribution in [0, 0.1) is 5.92 Å². The van der Waals surface area contributed by atoms with Gasteiger partial charge >= 0.3 is 0 Å². The largest absolute Gasteiger partial charge is 0.380 e. The summed E-state index contributed by atoms with van der Waals surface area (Å²) in [6, 6.07) is 10.5. The molecule has 1 unspecified atom stereocenters. The number of anilines is 1. The van der Waals surface area contributed by atoms with Crippen molar-refractivity contribution >= 4 is 35.6 Å². The van der Waals surface area contributed by atoms with Gasteiger partial charge in [-0.2, -0.15) is 0 Å². The van der Waals surface area contributed by atoms with Crippen molar-refractivity contribution in [3.63, 3.8) is 0 Å². The summed E-state index contributed by atoms with van der Waals surface area (Å²) in [6.45, 7) is 11.2. The second-order valence-electron chi connectivity index (χ2n) is 6.46. The van der Waals surface area contributed by atoms with E-state index in [1.54, 1.807) is 0 Å². The van der Waals surface area contributed by atoms with Gasteiger partial charge in [0.25, 0.3) is 0 Å². The minimum absolute atomic E-state index is 0. The first-order chi connectivity index (χ1) is 9.28. The van der Waals surface area contributed by atoms with Gasteiger partial charge in [0, 0.05) is 17.3 Å². The van der Waals surface area contributed by atoms with E-state index in [-0.39, 0.29) is 35.6 Å². The average molecular weight is 404 g/mol. The van der Waals surface area contributed by atoms with Crippen molar-refractivity contribution in [3.8, 4) is 0 Å². The van der Waals surface area contributed by atoms with Crippen molar-refractivity contribution in [2.45, 2.75) is 46.2 Å². The summed E-state index contributed by atoms with van der Waals surface area (Å²) in [5.74, 6) is 0.972. The summed E-state index contributed by atoms with van der Waals surface area (Å²) in [4.78, 5) is 4.45. The standard InChI is InChI=1S/C16H28N4.HI/c1-12(2)14(19-13-9-7-6-8-10-13)11-18-15(17)20-16(3,4)5;/h6-10,12,14,19H,11H2,1-5H3,(H3,17,18,20);1H. The number of benzene rings is 1. The molecular weight excluding hydrogens is 375 g/mol. The zero-order valence-electron chi connectivity index (χ0n) is 13.7. The molecule has 0 fully saturated rings. The topological polar surface area (TPSA) is 62.4 Å². The molecule has 1 rings (SSSR count). The van der Waals surface area contributed by atoms with Crippen molar-refractivity contribution in [1.29, 1.82) is 0 Å². The van der Waals surface area contributed by atoms with Crippen molar-refractivity contribution in [2.75, 3.05) is 11.9 Å². The lowest BCUT2D eigenvalue weighted by Crippen LogP contribution is -2.45. The maximum absolute atomic E-state index is 5.91. The van der Waals surface area contributed by atoms with Gasteiger partial charge in [0.15, 0.2) is 5.96 Å². The number of nitrogens with two attached hydrogens (primary N) is 1. The smallest absolute Gasteiger partial charge is 0.189 e. The summed E-state index contributed by atoms with van der Waals surface area (Å²) in [5.41, 5.74) is 6.97. The Morgan fingerprint density at radius 1 is 1.19 bits per heavy atom. The van der Waals surface area contributed by atoms with E-state index in [9.17, 15) is 0 Å². The number of para-hydroxylation sites is 1. The SMILES string of the molecule is CC(C)C(CN=C(N)NC(C)(C)C)Nc1ccccc1.I. The fourth-order valence-corrected chi connectivity index (χ4v) is 1.79. The summed E-state index contributed by atoms with van der Waals surface area (Å²) in [6.07, 6.45) is 0. The molecule has 0 amide bonds. The van der Waals surface area contributed by atoms with E-state index < -0.39 is 0 Å². The Morgan fingerprint density at radius 3 is 2.24 bits per heavy atom. The second-order valence-corrected chi connectivity index (χ2v) is 6.46. The molecule has 5 heteroatoms. The minimum Gasteiger partial charge on any atom is -0.380 e. The van der Waals surface area contributed by atoms with Crippen LogP contribution in [-0.2, 0) is 0 Å². The van der Waals surface area contributed by atoms with E-state index >= 15 is 0 Å². The fraction of sp³-hybridized carbons (Fsp3) is 0.562. The first-order valence-corrected chi connectivity index (χ1v) is 7.17. The van der Waals surface area contributed by atoms with Crippen LogP contribution >= 0.6 is 24.0 Å². The third-order valence-corrected chi connectivity index (χ3v) is 2.89. The Balaban J connectivity index is 0.00000400. The summed E-state index contributed by atoms with van der Waals surface area (Å²) in [7, 11) is 0. The number of guanidine groups is 1. The van der Waals surface area contributed by atoms with Gasteiger partial charge in [-0.05, 0) is 38.8 Å². The van der Waals surface area contributed by atoms with Gasteiger partial charge in [0.2, 0.25) is 0 Å². The zero-order valence-corrected chi connectivity index (χ0v) is 16.0. The first-order valence-electron chi connectivity index (χ1n) is 7.17. The van der Waals surface area contributed by atoms with Crippen LogP contribution in [0.15, 0.2) is 35.3 Å². The van der Waals surface area contributed by atoms with Gasteiger partial charge in [-0.1, -0.05) is 32.0 Å². The number of nitrogens with one attached hydrogen (secondary N) is 2. The molecule has 1 atom stereocenters. The zero-order chi connectivity index (χ0) is 15.2. The van der Waals surface area contributed by atoms with Crippen molar-refractivity contribution in [2.24, 2.45) is 16.6 Å². The highest BCUT2D eigenvalue weighted by molar-refractivity contribution is 14.0. The van der Waals surface area contributed by atoms with E-state index in [1.165, 1.54) is 0 Å². The van der Waals surface area contributed by atoms with E-state index in [0.29, 0.717) is 18.4 Å². The number of halogens is 1. The first kappa shape index (κ1) is 20.0. The number of hydrogen-bond donors (Lipinski definition) is 3. The van der Waals surface area contributed by atoms with Gasteiger partial charge < -0.3 is 16.4 Å². The molecule has 0 aliphatic carbocycles. The predicted molar refractivity (Wildman–Crippen MR) is 103 cm³/mol. The molecule has 1 aromatic rings. The molecule has 4 N–H and O–H groups in total. The Labute approximate surface area is 146 Å². The normalized spacial score (nSPS) is 13.5. The lowest BCUT2D eigenvalue weighted by molar-refractivity contribution is 0.502. The molecule has 0 heterocycles. The van der Waals surface area contributed by atoms with E-state index in [2.05, 4.69) is 62.4 Å². The number of aliphatic imine (C=N–C) groups is 1. The number of hydrogen-bond acceptors (Lipinski definition) is 2. The molecule has 0 aliphatic heterocycles.